The van der Waals surface area contributed by atoms with E-state index in [1.807, 2.05) is 0 Å². The van der Waals surface area contributed by atoms with Crippen molar-refractivity contribution < 1.29 is 27.5 Å². The van der Waals surface area contributed by atoms with Crippen molar-refractivity contribution in [3.63, 3.8) is 0 Å². The smallest absolute Gasteiger partial charge is 0.271 e. The molecule has 3 N–H and O–H groups in total. The van der Waals surface area contributed by atoms with Crippen molar-refractivity contribution in [1.29, 1.82) is 0 Å². The van der Waals surface area contributed by atoms with Gasteiger partial charge in [-0.15, -0.1) is 0 Å². The first kappa shape index (κ1) is 22.6. The Morgan fingerprint density at radius 3 is 2.17 bits per heavy atom. The average Bonchev–Trinajstić information content (AvgIpc) is 2.66. The summed E-state index contributed by atoms with van der Waals surface area (Å²) in [6, 6.07) is 6.29. The molecule has 0 saturated heterocycles. The van der Waals surface area contributed by atoms with Gasteiger partial charge in [0.1, 0.15) is 11.5 Å². The fourth-order valence-corrected chi connectivity index (χ4v) is 3.73. The van der Waals surface area contributed by atoms with Crippen LogP contribution in [0.4, 0.5) is 5.69 Å². The molecule has 156 valence electrons. The molecule has 0 aromatic heterocycles. The van der Waals surface area contributed by atoms with Crippen molar-refractivity contribution in [3.05, 3.63) is 45.9 Å². The van der Waals surface area contributed by atoms with Crippen LogP contribution >= 0.6 is 23.2 Å². The lowest BCUT2D eigenvalue weighted by Gasteiger charge is -2.15. The van der Waals surface area contributed by atoms with Gasteiger partial charge in [-0.2, -0.15) is 0 Å². The van der Waals surface area contributed by atoms with Crippen LogP contribution in [0.2, 0.25) is 10.0 Å². The zero-order valence-electron chi connectivity index (χ0n) is 15.5. The van der Waals surface area contributed by atoms with Crippen LogP contribution in [-0.4, -0.2) is 34.5 Å². The first-order valence-electron chi connectivity index (χ1n) is 7.90. The van der Waals surface area contributed by atoms with E-state index < -0.39 is 21.8 Å². The Morgan fingerprint density at radius 1 is 0.931 bits per heavy atom. The largest absolute Gasteiger partial charge is 0.495 e. The second-order valence-corrected chi connectivity index (χ2v) is 8.07. The van der Waals surface area contributed by atoms with Gasteiger partial charge < -0.3 is 9.47 Å². The molecule has 2 rings (SSSR count). The van der Waals surface area contributed by atoms with E-state index in [1.54, 1.807) is 0 Å². The number of carbonyl (C=O) groups is 2. The fourth-order valence-electron chi connectivity index (χ4n) is 2.20. The van der Waals surface area contributed by atoms with Gasteiger partial charge >= 0.3 is 0 Å². The van der Waals surface area contributed by atoms with Crippen LogP contribution in [0.15, 0.2) is 35.2 Å². The lowest BCUT2D eigenvalue weighted by molar-refractivity contribution is -0.119. The van der Waals surface area contributed by atoms with Crippen molar-refractivity contribution in [2.75, 3.05) is 18.9 Å². The SMILES string of the molecule is COc1cc(OC)c(NS(=O)(=O)c2ccc(Cl)c(C(=O)NNC(C)=O)c2)cc1Cl. The minimum absolute atomic E-state index is 0.00289. The van der Waals surface area contributed by atoms with Gasteiger partial charge in [-0.3, -0.25) is 25.2 Å². The summed E-state index contributed by atoms with van der Waals surface area (Å²) in [5.74, 6) is -0.821. The second-order valence-electron chi connectivity index (χ2n) is 5.57. The minimum atomic E-state index is -4.14. The van der Waals surface area contributed by atoms with Crippen molar-refractivity contribution in [3.8, 4) is 11.5 Å². The normalized spacial score (nSPS) is 10.8. The number of nitrogens with one attached hydrogen (secondary N) is 3. The summed E-state index contributed by atoms with van der Waals surface area (Å²) in [7, 11) is -1.38. The molecular formula is C17H17Cl2N3O6S. The zero-order valence-corrected chi connectivity index (χ0v) is 17.8. The predicted molar refractivity (Wildman–Crippen MR) is 108 cm³/mol. The molecule has 0 heterocycles. The second kappa shape index (κ2) is 9.21. The molecule has 0 spiro atoms. The number of methoxy groups -OCH3 is 2. The number of carbonyl (C=O) groups excluding carboxylic acids is 2. The van der Waals surface area contributed by atoms with Crippen LogP contribution in [0.25, 0.3) is 0 Å². The van der Waals surface area contributed by atoms with Gasteiger partial charge in [0.25, 0.3) is 15.9 Å². The lowest BCUT2D eigenvalue weighted by Crippen LogP contribution is -2.40. The molecule has 0 bridgehead atoms. The molecule has 0 saturated carbocycles. The molecule has 0 fully saturated rings. The van der Waals surface area contributed by atoms with Crippen molar-refractivity contribution >= 4 is 50.7 Å². The monoisotopic (exact) mass is 461 g/mol. The molecule has 0 unspecified atom stereocenters. The highest BCUT2D eigenvalue weighted by atomic mass is 35.5. The van der Waals surface area contributed by atoms with Gasteiger partial charge in [0.15, 0.2) is 0 Å². The highest BCUT2D eigenvalue weighted by Gasteiger charge is 2.21. The highest BCUT2D eigenvalue weighted by molar-refractivity contribution is 7.92. The maximum absolute atomic E-state index is 12.8. The summed E-state index contributed by atoms with van der Waals surface area (Å²) in [5, 5.41) is 0.161. The topological polar surface area (TPSA) is 123 Å². The van der Waals surface area contributed by atoms with Gasteiger partial charge in [-0.25, -0.2) is 8.42 Å². The van der Waals surface area contributed by atoms with E-state index in [-0.39, 0.29) is 31.9 Å². The number of hydrogen-bond donors (Lipinski definition) is 3. The Bertz CT molecular complexity index is 1060. The average molecular weight is 462 g/mol. The number of hydrazine groups is 1. The van der Waals surface area contributed by atoms with Gasteiger partial charge in [0.05, 0.1) is 40.4 Å². The number of halogens is 2. The molecule has 2 aromatic rings. The Balaban J connectivity index is 2.39. The molecule has 2 aromatic carbocycles. The number of amides is 2. The molecule has 0 aliphatic rings. The Hall–Kier alpha value is -2.69. The molecule has 0 radical (unpaired) electrons. The molecule has 2 amide bonds. The van der Waals surface area contributed by atoms with E-state index in [1.165, 1.54) is 45.4 Å². The van der Waals surface area contributed by atoms with Crippen molar-refractivity contribution in [2.45, 2.75) is 11.8 Å². The molecule has 29 heavy (non-hydrogen) atoms. The summed E-state index contributed by atoms with van der Waals surface area (Å²) in [6.07, 6.45) is 0. The number of benzene rings is 2. The summed E-state index contributed by atoms with van der Waals surface area (Å²) in [5.41, 5.74) is 4.13. The van der Waals surface area contributed by atoms with Crippen LogP contribution < -0.4 is 25.0 Å². The Labute approximate surface area is 177 Å². The van der Waals surface area contributed by atoms with E-state index in [0.29, 0.717) is 5.75 Å². The Morgan fingerprint density at radius 2 is 1.59 bits per heavy atom. The van der Waals surface area contributed by atoms with Crippen LogP contribution in [0.1, 0.15) is 17.3 Å². The van der Waals surface area contributed by atoms with Gasteiger partial charge in [0.2, 0.25) is 5.91 Å². The molecule has 0 atom stereocenters. The number of hydrogen-bond acceptors (Lipinski definition) is 6. The van der Waals surface area contributed by atoms with Crippen LogP contribution in [0, 0.1) is 0 Å². The number of rotatable bonds is 6. The van der Waals surface area contributed by atoms with E-state index in [9.17, 15) is 18.0 Å². The third kappa shape index (κ3) is 5.43. The lowest BCUT2D eigenvalue weighted by atomic mass is 10.2. The molecule has 9 nitrogen and oxygen atoms in total. The van der Waals surface area contributed by atoms with Crippen molar-refractivity contribution in [1.82, 2.24) is 10.9 Å². The quantitative estimate of drug-likeness (QED) is 0.568. The van der Waals surface area contributed by atoms with Crippen LogP contribution in [-0.2, 0) is 14.8 Å². The van der Waals surface area contributed by atoms with E-state index in [0.717, 1.165) is 6.07 Å². The zero-order chi connectivity index (χ0) is 21.8. The minimum Gasteiger partial charge on any atom is -0.495 e. The van der Waals surface area contributed by atoms with Gasteiger partial charge in [-0.05, 0) is 24.3 Å². The predicted octanol–water partition coefficient (Wildman–Crippen LogP) is 2.59. The summed E-state index contributed by atoms with van der Waals surface area (Å²) < 4.78 is 38.2. The number of sulfonamides is 1. The van der Waals surface area contributed by atoms with E-state index >= 15 is 0 Å². The molecule has 0 aliphatic heterocycles. The highest BCUT2D eigenvalue weighted by Crippen LogP contribution is 2.37. The maximum atomic E-state index is 12.8. The molecular weight excluding hydrogens is 445 g/mol. The van der Waals surface area contributed by atoms with E-state index in [4.69, 9.17) is 32.7 Å². The standard InChI is InChI=1S/C17H17Cl2N3O6S/c1-9(23)20-21-17(24)11-6-10(4-5-12(11)18)29(25,26)22-14-7-13(19)15(27-2)8-16(14)28-3/h4-8,22H,1-3H3,(H,20,23)(H,21,24). The summed E-state index contributed by atoms with van der Waals surface area (Å²) in [4.78, 5) is 22.8. The number of anilines is 1. The third-order valence-electron chi connectivity index (χ3n) is 3.56. The van der Waals surface area contributed by atoms with Gasteiger partial charge in [-0.1, -0.05) is 23.2 Å². The van der Waals surface area contributed by atoms with Crippen LogP contribution in [0.3, 0.4) is 0 Å². The Kier molecular flexibility index (Phi) is 7.17. The first-order valence-corrected chi connectivity index (χ1v) is 10.1. The third-order valence-corrected chi connectivity index (χ3v) is 5.55. The summed E-state index contributed by atoms with van der Waals surface area (Å²) in [6.45, 7) is 1.19. The summed E-state index contributed by atoms with van der Waals surface area (Å²) >= 11 is 12.0. The molecule has 0 aliphatic carbocycles. The van der Waals surface area contributed by atoms with Crippen molar-refractivity contribution in [2.24, 2.45) is 0 Å². The van der Waals surface area contributed by atoms with E-state index in [2.05, 4.69) is 15.6 Å². The maximum Gasteiger partial charge on any atom is 0.271 e. The fraction of sp³-hybridized carbons (Fsp3) is 0.176. The first-order chi connectivity index (χ1) is 13.6. The molecule has 12 heteroatoms. The van der Waals surface area contributed by atoms with Gasteiger partial charge in [0, 0.05) is 13.0 Å². The number of ether oxygens (including phenoxy) is 2. The van der Waals surface area contributed by atoms with Crippen LogP contribution in [0.5, 0.6) is 11.5 Å².